The van der Waals surface area contributed by atoms with Gasteiger partial charge in [-0.3, -0.25) is 9.78 Å². The first kappa shape index (κ1) is 15.7. The number of methoxy groups -OCH3 is 1. The summed E-state index contributed by atoms with van der Waals surface area (Å²) < 4.78 is 5.19. The summed E-state index contributed by atoms with van der Waals surface area (Å²) in [5.74, 6) is 0.477. The first-order chi connectivity index (χ1) is 11.8. The molecule has 0 fully saturated rings. The molecule has 4 nitrogen and oxygen atoms in total. The molecule has 0 unspecified atom stereocenters. The molecule has 3 aromatic rings. The number of hydrogen-bond donors (Lipinski definition) is 1. The molecule has 4 heteroatoms. The number of carbonyl (C=O) groups is 1. The summed E-state index contributed by atoms with van der Waals surface area (Å²) in [6.07, 6.45) is 1.73. The summed E-state index contributed by atoms with van der Waals surface area (Å²) in [6.45, 7) is 0. The second-order valence-corrected chi connectivity index (χ2v) is 5.30. The van der Waals surface area contributed by atoms with Crippen molar-refractivity contribution in [1.29, 1.82) is 0 Å². The van der Waals surface area contributed by atoms with Crippen LogP contribution in [0.2, 0.25) is 0 Å². The van der Waals surface area contributed by atoms with Gasteiger partial charge in [0.25, 0.3) is 5.91 Å². The molecular weight excluding hydrogens is 300 g/mol. The average Bonchev–Trinajstić information content (AvgIpc) is 2.67. The third kappa shape index (κ3) is 3.60. The molecule has 1 atom stereocenters. The highest BCUT2D eigenvalue weighted by Gasteiger charge is 2.18. The van der Waals surface area contributed by atoms with E-state index in [1.54, 1.807) is 31.5 Å². The topological polar surface area (TPSA) is 51.2 Å². The van der Waals surface area contributed by atoms with Crippen LogP contribution in [0.5, 0.6) is 5.75 Å². The number of benzene rings is 2. The lowest BCUT2D eigenvalue weighted by Crippen LogP contribution is -2.29. The van der Waals surface area contributed by atoms with Gasteiger partial charge in [-0.1, -0.05) is 42.5 Å². The highest BCUT2D eigenvalue weighted by Crippen LogP contribution is 2.21. The second-order valence-electron chi connectivity index (χ2n) is 5.30. The van der Waals surface area contributed by atoms with Crippen molar-refractivity contribution in [2.24, 2.45) is 0 Å². The summed E-state index contributed by atoms with van der Waals surface area (Å²) in [5, 5.41) is 3.06. The standard InChI is InChI=1S/C20H18N2O2/c1-24-17-11-7-10-16(14-17)20(23)22-19(15-8-3-2-4-9-15)18-12-5-6-13-21-18/h2-14,19H,1H3,(H,22,23)/t19-/m0/s1. The van der Waals surface area contributed by atoms with Crippen molar-refractivity contribution in [3.63, 3.8) is 0 Å². The van der Waals surface area contributed by atoms with Crippen LogP contribution in [0.3, 0.4) is 0 Å². The van der Waals surface area contributed by atoms with E-state index in [1.807, 2.05) is 54.6 Å². The zero-order chi connectivity index (χ0) is 16.8. The van der Waals surface area contributed by atoms with Gasteiger partial charge < -0.3 is 10.1 Å². The van der Waals surface area contributed by atoms with E-state index >= 15 is 0 Å². The Morgan fingerprint density at radius 3 is 2.50 bits per heavy atom. The van der Waals surface area contributed by atoms with Crippen LogP contribution in [0, 0.1) is 0 Å². The van der Waals surface area contributed by atoms with Crippen molar-refractivity contribution in [3.05, 3.63) is 95.8 Å². The molecule has 3 rings (SSSR count). The molecule has 0 saturated carbocycles. The van der Waals surface area contributed by atoms with Crippen molar-refractivity contribution in [2.75, 3.05) is 7.11 Å². The van der Waals surface area contributed by atoms with E-state index < -0.39 is 0 Å². The van der Waals surface area contributed by atoms with Crippen LogP contribution in [-0.4, -0.2) is 18.0 Å². The minimum atomic E-state index is -0.314. The second kappa shape index (κ2) is 7.42. The lowest BCUT2D eigenvalue weighted by Gasteiger charge is -2.19. The minimum Gasteiger partial charge on any atom is -0.497 e. The lowest BCUT2D eigenvalue weighted by molar-refractivity contribution is 0.0942. The maximum absolute atomic E-state index is 12.7. The maximum atomic E-state index is 12.7. The molecule has 0 aliphatic heterocycles. The van der Waals surface area contributed by atoms with Crippen LogP contribution < -0.4 is 10.1 Å². The molecule has 0 saturated heterocycles. The molecule has 1 aromatic heterocycles. The van der Waals surface area contributed by atoms with Gasteiger partial charge in [0.05, 0.1) is 18.8 Å². The highest BCUT2D eigenvalue weighted by atomic mass is 16.5. The van der Waals surface area contributed by atoms with Crippen molar-refractivity contribution >= 4 is 5.91 Å². The number of hydrogen-bond acceptors (Lipinski definition) is 3. The predicted octanol–water partition coefficient (Wildman–Crippen LogP) is 3.61. The summed E-state index contributed by atoms with van der Waals surface area (Å²) in [7, 11) is 1.58. The third-order valence-corrected chi connectivity index (χ3v) is 3.72. The third-order valence-electron chi connectivity index (χ3n) is 3.72. The van der Waals surface area contributed by atoms with E-state index in [-0.39, 0.29) is 11.9 Å². The summed E-state index contributed by atoms with van der Waals surface area (Å²) >= 11 is 0. The molecule has 2 aromatic carbocycles. The smallest absolute Gasteiger partial charge is 0.252 e. The van der Waals surface area contributed by atoms with Gasteiger partial charge in [0.1, 0.15) is 5.75 Å². The van der Waals surface area contributed by atoms with Gasteiger partial charge in [-0.05, 0) is 35.9 Å². The molecule has 1 amide bonds. The van der Waals surface area contributed by atoms with Crippen molar-refractivity contribution in [3.8, 4) is 5.75 Å². The van der Waals surface area contributed by atoms with Crippen LogP contribution in [-0.2, 0) is 0 Å². The van der Waals surface area contributed by atoms with Crippen LogP contribution in [0.25, 0.3) is 0 Å². The number of carbonyl (C=O) groups excluding carboxylic acids is 1. The van der Waals surface area contributed by atoms with Crippen LogP contribution in [0.4, 0.5) is 0 Å². The zero-order valence-corrected chi connectivity index (χ0v) is 13.3. The zero-order valence-electron chi connectivity index (χ0n) is 13.3. The highest BCUT2D eigenvalue weighted by molar-refractivity contribution is 5.95. The van der Waals surface area contributed by atoms with Gasteiger partial charge in [-0.15, -0.1) is 0 Å². The Morgan fingerprint density at radius 2 is 1.79 bits per heavy atom. The Balaban J connectivity index is 1.91. The summed E-state index contributed by atoms with van der Waals surface area (Å²) in [6, 6.07) is 22.2. The van der Waals surface area contributed by atoms with E-state index in [0.717, 1.165) is 11.3 Å². The van der Waals surface area contributed by atoms with Crippen molar-refractivity contribution in [1.82, 2.24) is 10.3 Å². The van der Waals surface area contributed by atoms with Crippen LogP contribution in [0.1, 0.15) is 27.7 Å². The fourth-order valence-electron chi connectivity index (χ4n) is 2.50. The van der Waals surface area contributed by atoms with Crippen LogP contribution >= 0.6 is 0 Å². The Kier molecular flexibility index (Phi) is 4.87. The van der Waals surface area contributed by atoms with Crippen LogP contribution in [0.15, 0.2) is 79.0 Å². The number of amides is 1. The Hall–Kier alpha value is -3.14. The summed E-state index contributed by atoms with van der Waals surface area (Å²) in [5.41, 5.74) is 2.32. The molecule has 1 N–H and O–H groups in total. The lowest BCUT2D eigenvalue weighted by atomic mass is 10.0. The SMILES string of the molecule is COc1cccc(C(=O)N[C@@H](c2ccccc2)c2ccccn2)c1. The van der Waals surface area contributed by atoms with Crippen molar-refractivity contribution < 1.29 is 9.53 Å². The molecule has 0 radical (unpaired) electrons. The molecule has 0 bridgehead atoms. The fraction of sp³-hybridized carbons (Fsp3) is 0.100. The Labute approximate surface area is 141 Å². The molecule has 120 valence electrons. The number of aromatic nitrogens is 1. The predicted molar refractivity (Wildman–Crippen MR) is 93.0 cm³/mol. The molecule has 0 aliphatic carbocycles. The number of nitrogens with zero attached hydrogens (tertiary/aromatic N) is 1. The monoisotopic (exact) mass is 318 g/mol. The number of nitrogens with one attached hydrogen (secondary N) is 1. The number of ether oxygens (including phenoxy) is 1. The molecular formula is C20H18N2O2. The van der Waals surface area contributed by atoms with E-state index in [4.69, 9.17) is 4.74 Å². The maximum Gasteiger partial charge on any atom is 0.252 e. The van der Waals surface area contributed by atoms with Gasteiger partial charge in [-0.25, -0.2) is 0 Å². The normalized spacial score (nSPS) is 11.5. The number of pyridine rings is 1. The largest absolute Gasteiger partial charge is 0.497 e. The van der Waals surface area contributed by atoms with Gasteiger partial charge in [0.15, 0.2) is 0 Å². The molecule has 24 heavy (non-hydrogen) atoms. The Bertz CT molecular complexity index is 765. The molecule has 1 heterocycles. The van der Waals surface area contributed by atoms with Crippen molar-refractivity contribution in [2.45, 2.75) is 6.04 Å². The molecule has 0 aliphatic rings. The minimum absolute atomic E-state index is 0.173. The first-order valence-corrected chi connectivity index (χ1v) is 7.69. The van der Waals surface area contributed by atoms with Gasteiger partial charge in [-0.2, -0.15) is 0 Å². The Morgan fingerprint density at radius 1 is 1.00 bits per heavy atom. The van der Waals surface area contributed by atoms with E-state index in [0.29, 0.717) is 11.3 Å². The van der Waals surface area contributed by atoms with Gasteiger partial charge in [0.2, 0.25) is 0 Å². The van der Waals surface area contributed by atoms with Gasteiger partial charge in [0, 0.05) is 11.8 Å². The number of rotatable bonds is 5. The van der Waals surface area contributed by atoms with Gasteiger partial charge >= 0.3 is 0 Å². The average molecular weight is 318 g/mol. The van der Waals surface area contributed by atoms with E-state index in [1.165, 1.54) is 0 Å². The molecule has 0 spiro atoms. The van der Waals surface area contributed by atoms with E-state index in [2.05, 4.69) is 10.3 Å². The van der Waals surface area contributed by atoms with E-state index in [9.17, 15) is 4.79 Å². The quantitative estimate of drug-likeness (QED) is 0.782. The summed E-state index contributed by atoms with van der Waals surface area (Å²) in [4.78, 5) is 17.1. The fourth-order valence-corrected chi connectivity index (χ4v) is 2.50. The first-order valence-electron chi connectivity index (χ1n) is 7.69.